The van der Waals surface area contributed by atoms with Crippen molar-refractivity contribution in [2.24, 2.45) is 28.6 Å². The second-order valence-electron chi connectivity index (χ2n) is 10.7. The topological polar surface area (TPSA) is 101 Å². The predicted molar refractivity (Wildman–Crippen MR) is 119 cm³/mol. The Bertz CT molecular complexity index is 908. The number of allylic oxidation sites excluding steroid dienone is 3. The number of ketones is 1. The summed E-state index contributed by atoms with van der Waals surface area (Å²) in [5, 5.41) is 19.8. The van der Waals surface area contributed by atoms with Crippen LogP contribution in [-0.4, -0.2) is 39.6 Å². The van der Waals surface area contributed by atoms with Crippen LogP contribution in [0.5, 0.6) is 0 Å². The maximum absolute atomic E-state index is 13.0. The van der Waals surface area contributed by atoms with Gasteiger partial charge < -0.3 is 14.9 Å². The zero-order valence-corrected chi connectivity index (χ0v) is 19.8. The molecule has 7 atom stereocenters. The van der Waals surface area contributed by atoms with Crippen LogP contribution in [0.3, 0.4) is 0 Å². The summed E-state index contributed by atoms with van der Waals surface area (Å²) in [6, 6.07) is 0. The second-order valence-corrected chi connectivity index (χ2v) is 11.1. The Labute approximate surface area is 194 Å². The lowest BCUT2D eigenvalue weighted by Gasteiger charge is -2.58. The first kappa shape index (κ1) is 23.5. The van der Waals surface area contributed by atoms with Crippen LogP contribution in [-0.2, 0) is 19.1 Å². The highest BCUT2D eigenvalue weighted by molar-refractivity contribution is 6.32. The van der Waals surface area contributed by atoms with Crippen LogP contribution in [0.2, 0.25) is 0 Å². The Morgan fingerprint density at radius 3 is 2.41 bits per heavy atom. The van der Waals surface area contributed by atoms with E-state index in [1.165, 1.54) is 6.92 Å². The number of esters is 1. The van der Waals surface area contributed by atoms with Crippen molar-refractivity contribution in [2.45, 2.75) is 83.8 Å². The number of fused-ring (bicyclic) bond motifs is 5. The Kier molecular flexibility index (Phi) is 5.86. The summed E-state index contributed by atoms with van der Waals surface area (Å²) in [7, 11) is 0. The molecular formula is C25H33ClO6. The molecule has 0 saturated heterocycles. The third-order valence-electron chi connectivity index (χ3n) is 9.20. The highest BCUT2D eigenvalue weighted by atomic mass is 35.5. The lowest BCUT2D eigenvalue weighted by Crippen LogP contribution is -2.58. The SMILES string of the molecule is CC(=O)[C@@]1(OC(=O)CCC(=O)O)CC[C@H]2[C@@H]3C=C(Cl)C4=C[C@@H](O)CC[C@]4(C)[C@H]3CC[C@@]21C. The number of ether oxygens (including phenoxy) is 1. The summed E-state index contributed by atoms with van der Waals surface area (Å²) in [6.07, 6.45) is 7.43. The van der Waals surface area contributed by atoms with Crippen molar-refractivity contribution in [1.29, 1.82) is 0 Å². The van der Waals surface area contributed by atoms with E-state index in [-0.39, 0.29) is 35.9 Å². The molecule has 4 rings (SSSR count). The number of rotatable bonds is 5. The number of carbonyl (C=O) groups excluding carboxylic acids is 2. The van der Waals surface area contributed by atoms with Crippen molar-refractivity contribution in [3.05, 3.63) is 22.8 Å². The van der Waals surface area contributed by atoms with Gasteiger partial charge >= 0.3 is 11.9 Å². The number of hydrogen-bond acceptors (Lipinski definition) is 5. The highest BCUT2D eigenvalue weighted by Crippen LogP contribution is 2.68. The fourth-order valence-electron chi connectivity index (χ4n) is 7.49. The van der Waals surface area contributed by atoms with Crippen LogP contribution in [0, 0.1) is 28.6 Å². The molecule has 0 aromatic carbocycles. The van der Waals surface area contributed by atoms with Gasteiger partial charge in [-0.05, 0) is 74.2 Å². The minimum atomic E-state index is -1.22. The minimum absolute atomic E-state index is 0.114. The molecule has 7 heteroatoms. The standard InChI is InChI=1S/C25H33ClO6/c1-14(27)25(32-22(31)5-4-21(29)30)11-8-18-16-13-20(26)19-12-15(28)6-9-23(19,2)17(16)7-10-24(18,25)3/h12-13,15-18,28H,4-11H2,1-3H3,(H,29,30)/t15-,16+,17-,18-,23+,24-,25-/m0/s1. The van der Waals surface area contributed by atoms with Gasteiger partial charge in [-0.3, -0.25) is 14.4 Å². The zero-order valence-electron chi connectivity index (χ0n) is 19.0. The van der Waals surface area contributed by atoms with Crippen LogP contribution in [0.1, 0.15) is 72.1 Å². The third-order valence-corrected chi connectivity index (χ3v) is 9.53. The second kappa shape index (κ2) is 7.98. The van der Waals surface area contributed by atoms with Gasteiger partial charge in [0.1, 0.15) is 0 Å². The van der Waals surface area contributed by atoms with E-state index in [9.17, 15) is 19.5 Å². The molecule has 2 N–H and O–H groups in total. The van der Waals surface area contributed by atoms with E-state index in [1.807, 2.05) is 6.08 Å². The molecule has 0 amide bonds. The van der Waals surface area contributed by atoms with Gasteiger partial charge in [0.2, 0.25) is 0 Å². The Balaban J connectivity index is 1.68. The summed E-state index contributed by atoms with van der Waals surface area (Å²) in [5.74, 6) is -1.20. The van der Waals surface area contributed by atoms with Gasteiger partial charge in [-0.1, -0.05) is 37.6 Å². The lowest BCUT2D eigenvalue weighted by molar-refractivity contribution is -0.187. The molecule has 4 aliphatic carbocycles. The predicted octanol–water partition coefficient (Wildman–Crippen LogP) is 4.39. The zero-order chi connectivity index (χ0) is 23.5. The van der Waals surface area contributed by atoms with Crippen LogP contribution in [0.15, 0.2) is 22.8 Å². The van der Waals surface area contributed by atoms with Crippen LogP contribution in [0.25, 0.3) is 0 Å². The van der Waals surface area contributed by atoms with E-state index in [2.05, 4.69) is 19.9 Å². The number of carbonyl (C=O) groups is 3. The number of carboxylic acid groups (broad SMARTS) is 1. The summed E-state index contributed by atoms with van der Waals surface area (Å²) in [6.45, 7) is 5.80. The first-order valence-corrected chi connectivity index (χ1v) is 12.0. The minimum Gasteiger partial charge on any atom is -0.481 e. The van der Waals surface area contributed by atoms with Gasteiger partial charge in [-0.15, -0.1) is 0 Å². The van der Waals surface area contributed by atoms with E-state index < -0.39 is 29.1 Å². The van der Waals surface area contributed by atoms with Gasteiger partial charge in [0.15, 0.2) is 11.4 Å². The van der Waals surface area contributed by atoms with Gasteiger partial charge in [0.05, 0.1) is 18.9 Å². The molecule has 0 heterocycles. The first-order valence-electron chi connectivity index (χ1n) is 11.7. The van der Waals surface area contributed by atoms with Crippen LogP contribution < -0.4 is 0 Å². The fourth-order valence-corrected chi connectivity index (χ4v) is 7.91. The normalized spacial score (nSPS) is 42.7. The van der Waals surface area contributed by atoms with E-state index in [4.69, 9.17) is 21.4 Å². The quantitative estimate of drug-likeness (QED) is 0.585. The Morgan fingerprint density at radius 2 is 1.75 bits per heavy atom. The first-order chi connectivity index (χ1) is 14.9. The molecular weight excluding hydrogens is 432 g/mol. The summed E-state index contributed by atoms with van der Waals surface area (Å²) >= 11 is 6.76. The molecule has 32 heavy (non-hydrogen) atoms. The molecule has 0 aromatic heterocycles. The maximum Gasteiger partial charge on any atom is 0.307 e. The van der Waals surface area contributed by atoms with Crippen molar-refractivity contribution in [1.82, 2.24) is 0 Å². The number of carboxylic acids is 1. The molecule has 2 saturated carbocycles. The maximum atomic E-state index is 13.0. The number of aliphatic hydroxyl groups excluding tert-OH is 1. The molecule has 0 unspecified atom stereocenters. The van der Waals surface area contributed by atoms with Crippen molar-refractivity contribution in [3.63, 3.8) is 0 Å². The average Bonchev–Trinajstić information content (AvgIpc) is 3.01. The number of aliphatic carboxylic acids is 1. The molecule has 4 aliphatic rings. The Morgan fingerprint density at radius 1 is 1.06 bits per heavy atom. The largest absolute Gasteiger partial charge is 0.481 e. The van der Waals surface area contributed by atoms with Gasteiger partial charge in [0, 0.05) is 10.4 Å². The number of halogens is 1. The molecule has 6 nitrogen and oxygen atoms in total. The molecule has 0 radical (unpaired) electrons. The van der Waals surface area contributed by atoms with Crippen molar-refractivity contribution >= 4 is 29.3 Å². The molecule has 0 bridgehead atoms. The van der Waals surface area contributed by atoms with Crippen LogP contribution in [0.4, 0.5) is 0 Å². The highest BCUT2D eigenvalue weighted by Gasteiger charge is 2.67. The van der Waals surface area contributed by atoms with Gasteiger partial charge in [-0.2, -0.15) is 0 Å². The van der Waals surface area contributed by atoms with E-state index in [0.29, 0.717) is 23.8 Å². The van der Waals surface area contributed by atoms with Gasteiger partial charge in [0.25, 0.3) is 0 Å². The summed E-state index contributed by atoms with van der Waals surface area (Å²) in [4.78, 5) is 36.4. The molecule has 0 spiro atoms. The van der Waals surface area contributed by atoms with Gasteiger partial charge in [-0.25, -0.2) is 0 Å². The van der Waals surface area contributed by atoms with Crippen molar-refractivity contribution < 1.29 is 29.3 Å². The monoisotopic (exact) mass is 464 g/mol. The summed E-state index contributed by atoms with van der Waals surface area (Å²) in [5.41, 5.74) is -0.827. The van der Waals surface area contributed by atoms with E-state index in [0.717, 1.165) is 31.3 Å². The lowest BCUT2D eigenvalue weighted by atomic mass is 9.48. The molecule has 0 aliphatic heterocycles. The summed E-state index contributed by atoms with van der Waals surface area (Å²) < 4.78 is 5.89. The third kappa shape index (κ3) is 3.37. The number of hydrogen-bond donors (Lipinski definition) is 2. The van der Waals surface area contributed by atoms with Crippen molar-refractivity contribution in [3.8, 4) is 0 Å². The average molecular weight is 465 g/mol. The Hall–Kier alpha value is -1.66. The number of aliphatic hydroxyl groups is 1. The molecule has 2 fully saturated rings. The number of Topliss-reactive ketones (excluding diaryl/α,β-unsaturated/α-hetero) is 1. The molecule has 176 valence electrons. The smallest absolute Gasteiger partial charge is 0.307 e. The van der Waals surface area contributed by atoms with E-state index in [1.54, 1.807) is 0 Å². The molecule has 0 aromatic rings. The van der Waals surface area contributed by atoms with E-state index >= 15 is 0 Å². The van der Waals surface area contributed by atoms with Crippen molar-refractivity contribution in [2.75, 3.05) is 0 Å². The van der Waals surface area contributed by atoms with Crippen LogP contribution >= 0.6 is 11.6 Å². The fraction of sp³-hybridized carbons (Fsp3) is 0.720.